The first-order valence-corrected chi connectivity index (χ1v) is 9.75. The third kappa shape index (κ3) is 4.30. The maximum atomic E-state index is 12.8. The van der Waals surface area contributed by atoms with Crippen LogP contribution >= 0.6 is 11.6 Å². The molecule has 2 amide bonds. The highest BCUT2D eigenvalue weighted by molar-refractivity contribution is 6.30. The van der Waals surface area contributed by atoms with Crippen LogP contribution in [0.1, 0.15) is 36.5 Å². The van der Waals surface area contributed by atoms with E-state index < -0.39 is 6.09 Å². The summed E-state index contributed by atoms with van der Waals surface area (Å²) in [4.78, 5) is 31.0. The lowest BCUT2D eigenvalue weighted by molar-refractivity contribution is 0.0936. The van der Waals surface area contributed by atoms with Gasteiger partial charge in [0, 0.05) is 30.2 Å². The molecule has 0 fully saturated rings. The minimum atomic E-state index is -0.411. The van der Waals surface area contributed by atoms with Gasteiger partial charge < -0.3 is 19.5 Å². The Bertz CT molecular complexity index is 861. The number of halogens is 1. The van der Waals surface area contributed by atoms with Gasteiger partial charge in [0.25, 0.3) is 5.91 Å². The molecule has 0 saturated carbocycles. The molecule has 8 heteroatoms. The van der Waals surface area contributed by atoms with Crippen LogP contribution in [0.4, 0.5) is 4.79 Å². The van der Waals surface area contributed by atoms with Gasteiger partial charge in [-0.25, -0.2) is 9.78 Å². The molecule has 0 unspecified atom stereocenters. The zero-order chi connectivity index (χ0) is 20.3. The number of ether oxygens (including phenoxy) is 1. The van der Waals surface area contributed by atoms with E-state index in [0.29, 0.717) is 47.8 Å². The number of imidazole rings is 1. The van der Waals surface area contributed by atoms with E-state index in [2.05, 4.69) is 24.1 Å². The molecular formula is C20H25ClN4O3. The van der Waals surface area contributed by atoms with Crippen LogP contribution in [-0.4, -0.2) is 46.7 Å². The van der Waals surface area contributed by atoms with Crippen LogP contribution in [0, 0.1) is 5.92 Å². The first-order valence-electron chi connectivity index (χ1n) is 9.37. The second-order valence-corrected chi connectivity index (χ2v) is 7.66. The van der Waals surface area contributed by atoms with E-state index in [-0.39, 0.29) is 12.5 Å². The Morgan fingerprint density at radius 2 is 1.96 bits per heavy atom. The molecule has 28 heavy (non-hydrogen) atoms. The monoisotopic (exact) mass is 404 g/mol. The van der Waals surface area contributed by atoms with Gasteiger partial charge in [-0.1, -0.05) is 25.4 Å². The number of benzene rings is 1. The minimum absolute atomic E-state index is 0.226. The predicted octanol–water partition coefficient (Wildman–Crippen LogP) is 3.56. The number of methoxy groups -OCH3 is 1. The van der Waals surface area contributed by atoms with Crippen LogP contribution < -0.4 is 5.32 Å². The summed E-state index contributed by atoms with van der Waals surface area (Å²) in [6.07, 6.45) is 0.478. The number of amides is 2. The lowest BCUT2D eigenvalue weighted by atomic mass is 10.1. The lowest BCUT2D eigenvalue weighted by Gasteiger charge is -2.28. The number of nitrogens with zero attached hydrogens (tertiary/aromatic N) is 3. The van der Waals surface area contributed by atoms with E-state index in [0.717, 1.165) is 12.0 Å². The number of rotatable bonds is 5. The van der Waals surface area contributed by atoms with Gasteiger partial charge in [-0.2, -0.15) is 0 Å². The van der Waals surface area contributed by atoms with Crippen LogP contribution in [0.15, 0.2) is 24.3 Å². The van der Waals surface area contributed by atoms with Gasteiger partial charge in [0.05, 0.1) is 19.3 Å². The highest BCUT2D eigenvalue weighted by atomic mass is 35.5. The van der Waals surface area contributed by atoms with Crippen molar-refractivity contribution < 1.29 is 14.3 Å². The molecule has 1 aromatic heterocycles. The molecule has 7 nitrogen and oxygen atoms in total. The molecule has 0 radical (unpaired) electrons. The third-order valence-electron chi connectivity index (χ3n) is 4.76. The molecule has 3 rings (SSSR count). The van der Waals surface area contributed by atoms with Crippen LogP contribution in [0.2, 0.25) is 5.02 Å². The molecule has 0 aliphatic carbocycles. The van der Waals surface area contributed by atoms with Crippen molar-refractivity contribution in [1.29, 1.82) is 0 Å². The maximum Gasteiger partial charge on any atom is 0.409 e. The molecule has 1 aromatic carbocycles. The highest BCUT2D eigenvalue weighted by Gasteiger charge is 2.30. The second kappa shape index (κ2) is 8.65. The van der Waals surface area contributed by atoms with Crippen molar-refractivity contribution in [2.75, 3.05) is 20.2 Å². The van der Waals surface area contributed by atoms with E-state index in [1.54, 1.807) is 17.0 Å². The SMILES string of the molecule is COC(=O)N1CCn2c(-c3ccc(Cl)cc3)nc(C(=O)NCCC(C)C)c2C1. The fraction of sp³-hybridized carbons (Fsp3) is 0.450. The zero-order valence-electron chi connectivity index (χ0n) is 16.4. The Balaban J connectivity index is 1.95. The van der Waals surface area contributed by atoms with E-state index >= 15 is 0 Å². The summed E-state index contributed by atoms with van der Waals surface area (Å²) in [5, 5.41) is 3.58. The summed E-state index contributed by atoms with van der Waals surface area (Å²) in [5.74, 6) is 0.970. The number of hydrogen-bond acceptors (Lipinski definition) is 4. The standard InChI is InChI=1S/C20H25ClN4O3/c1-13(2)8-9-22-19(26)17-16-12-24(20(27)28-3)10-11-25(16)18(23-17)14-4-6-15(21)7-5-14/h4-7,13H,8-12H2,1-3H3,(H,22,26). The Hall–Kier alpha value is -2.54. The second-order valence-electron chi connectivity index (χ2n) is 7.22. The maximum absolute atomic E-state index is 12.8. The summed E-state index contributed by atoms with van der Waals surface area (Å²) in [5.41, 5.74) is 1.93. The number of hydrogen-bond donors (Lipinski definition) is 1. The van der Waals surface area contributed by atoms with Crippen LogP contribution in [0.5, 0.6) is 0 Å². The first kappa shape index (κ1) is 20.2. The molecule has 150 valence electrons. The lowest BCUT2D eigenvalue weighted by Crippen LogP contribution is -2.39. The van der Waals surface area contributed by atoms with Crippen molar-refractivity contribution in [1.82, 2.24) is 19.8 Å². The van der Waals surface area contributed by atoms with Crippen LogP contribution in [-0.2, 0) is 17.8 Å². The van der Waals surface area contributed by atoms with E-state index in [1.807, 2.05) is 16.7 Å². The summed E-state index contributed by atoms with van der Waals surface area (Å²) in [7, 11) is 1.35. The fourth-order valence-electron chi connectivity index (χ4n) is 3.21. The molecule has 0 atom stereocenters. The molecule has 2 heterocycles. The van der Waals surface area contributed by atoms with Crippen molar-refractivity contribution in [2.45, 2.75) is 33.4 Å². The van der Waals surface area contributed by atoms with Gasteiger partial charge in [0.2, 0.25) is 0 Å². The molecule has 1 aliphatic heterocycles. The average Bonchev–Trinajstić information content (AvgIpc) is 3.06. The Morgan fingerprint density at radius 3 is 2.61 bits per heavy atom. The number of carbonyl (C=O) groups excluding carboxylic acids is 2. The van der Waals surface area contributed by atoms with E-state index in [9.17, 15) is 9.59 Å². The molecule has 0 bridgehead atoms. The zero-order valence-corrected chi connectivity index (χ0v) is 17.1. The van der Waals surface area contributed by atoms with Gasteiger partial charge in [0.15, 0.2) is 5.69 Å². The Kier molecular flexibility index (Phi) is 6.24. The predicted molar refractivity (Wildman–Crippen MR) is 107 cm³/mol. The molecule has 0 spiro atoms. The van der Waals surface area contributed by atoms with Crippen molar-refractivity contribution in [2.24, 2.45) is 5.92 Å². The topological polar surface area (TPSA) is 76.5 Å². The summed E-state index contributed by atoms with van der Waals surface area (Å²) < 4.78 is 6.84. The molecule has 1 N–H and O–H groups in total. The first-order chi connectivity index (χ1) is 13.4. The minimum Gasteiger partial charge on any atom is -0.453 e. The quantitative estimate of drug-likeness (QED) is 0.826. The van der Waals surface area contributed by atoms with Crippen molar-refractivity contribution in [3.63, 3.8) is 0 Å². The van der Waals surface area contributed by atoms with Gasteiger partial charge in [0.1, 0.15) is 5.82 Å². The molecule has 1 aliphatic rings. The summed E-state index contributed by atoms with van der Waals surface area (Å²) in [6.45, 7) is 6.11. The van der Waals surface area contributed by atoms with Crippen LogP contribution in [0.3, 0.4) is 0 Å². The van der Waals surface area contributed by atoms with Gasteiger partial charge >= 0.3 is 6.09 Å². The Labute approximate surface area is 169 Å². The summed E-state index contributed by atoms with van der Waals surface area (Å²) in [6, 6.07) is 7.35. The Morgan fingerprint density at radius 1 is 1.25 bits per heavy atom. The number of nitrogens with one attached hydrogen (secondary N) is 1. The largest absolute Gasteiger partial charge is 0.453 e. The van der Waals surface area contributed by atoms with Crippen molar-refractivity contribution in [3.05, 3.63) is 40.7 Å². The summed E-state index contributed by atoms with van der Waals surface area (Å²) >= 11 is 6.00. The molecular weight excluding hydrogens is 380 g/mol. The van der Waals surface area contributed by atoms with E-state index in [1.165, 1.54) is 7.11 Å². The number of aromatic nitrogens is 2. The van der Waals surface area contributed by atoms with Crippen LogP contribution in [0.25, 0.3) is 11.4 Å². The van der Waals surface area contributed by atoms with Crippen molar-refractivity contribution in [3.8, 4) is 11.4 Å². The normalized spacial score (nSPS) is 13.4. The van der Waals surface area contributed by atoms with Gasteiger partial charge in [-0.05, 0) is 36.6 Å². The molecule has 2 aromatic rings. The number of carbonyl (C=O) groups is 2. The average molecular weight is 405 g/mol. The van der Waals surface area contributed by atoms with E-state index in [4.69, 9.17) is 16.3 Å². The highest BCUT2D eigenvalue weighted by Crippen LogP contribution is 2.27. The number of fused-ring (bicyclic) bond motifs is 1. The van der Waals surface area contributed by atoms with Crippen molar-refractivity contribution >= 4 is 23.6 Å². The van der Waals surface area contributed by atoms with Gasteiger partial charge in [-0.15, -0.1) is 0 Å². The molecule has 0 saturated heterocycles. The third-order valence-corrected chi connectivity index (χ3v) is 5.02. The smallest absolute Gasteiger partial charge is 0.409 e. The van der Waals surface area contributed by atoms with Gasteiger partial charge in [-0.3, -0.25) is 4.79 Å². The fourth-order valence-corrected chi connectivity index (χ4v) is 3.34.